The number of esters is 1. The third kappa shape index (κ3) is 6.71. The number of carbonyl (C=O) groups excluding carboxylic acids is 1. The molecule has 0 aliphatic carbocycles. The molecule has 1 atom stereocenters. The molecule has 0 aromatic heterocycles. The van der Waals surface area contributed by atoms with Crippen LogP contribution in [-0.2, 0) is 11.3 Å². The quantitative estimate of drug-likeness (QED) is 0.396. The topological polar surface area (TPSA) is 40.0 Å². The lowest BCUT2D eigenvalue weighted by Crippen LogP contribution is -3.17. The van der Waals surface area contributed by atoms with Crippen LogP contribution in [0.25, 0.3) is 0 Å². The highest BCUT2D eigenvalue weighted by Gasteiger charge is 2.25. The molecule has 0 spiro atoms. The molecule has 0 amide bonds. The number of benzene rings is 3. The SMILES string of the molecule is COC(=O)c1ccc(OCc2ccccc2)c(C(CC[NH+](C(C)C)C(C)C)c2ccccc2)c1. The summed E-state index contributed by atoms with van der Waals surface area (Å²) < 4.78 is 11.4. The molecule has 34 heavy (non-hydrogen) atoms. The van der Waals surface area contributed by atoms with Gasteiger partial charge in [-0.2, -0.15) is 0 Å². The molecule has 0 radical (unpaired) electrons. The van der Waals surface area contributed by atoms with Crippen LogP contribution in [0, 0.1) is 0 Å². The molecule has 4 heteroatoms. The summed E-state index contributed by atoms with van der Waals surface area (Å²) in [6, 6.07) is 27.4. The van der Waals surface area contributed by atoms with Crippen molar-refractivity contribution in [1.29, 1.82) is 0 Å². The second kappa shape index (κ2) is 12.4. The third-order valence-corrected chi connectivity index (χ3v) is 6.45. The van der Waals surface area contributed by atoms with Gasteiger partial charge in [-0.3, -0.25) is 0 Å². The molecule has 180 valence electrons. The van der Waals surface area contributed by atoms with Crippen molar-refractivity contribution in [2.75, 3.05) is 13.7 Å². The van der Waals surface area contributed by atoms with Gasteiger partial charge in [0.05, 0.1) is 31.3 Å². The van der Waals surface area contributed by atoms with Crippen LogP contribution < -0.4 is 9.64 Å². The first-order chi connectivity index (χ1) is 16.4. The molecule has 0 fully saturated rings. The van der Waals surface area contributed by atoms with Crippen molar-refractivity contribution in [3.63, 3.8) is 0 Å². The fraction of sp³-hybridized carbons (Fsp3) is 0.367. The minimum absolute atomic E-state index is 0.101. The van der Waals surface area contributed by atoms with Crippen LogP contribution in [0.3, 0.4) is 0 Å². The van der Waals surface area contributed by atoms with Gasteiger partial charge in [0.2, 0.25) is 0 Å². The highest BCUT2D eigenvalue weighted by Crippen LogP contribution is 2.35. The van der Waals surface area contributed by atoms with Gasteiger partial charge in [0.15, 0.2) is 0 Å². The predicted molar refractivity (Wildman–Crippen MR) is 138 cm³/mol. The highest BCUT2D eigenvalue weighted by atomic mass is 16.5. The number of nitrogens with one attached hydrogen (secondary N) is 1. The van der Waals surface area contributed by atoms with Crippen molar-refractivity contribution in [1.82, 2.24) is 0 Å². The lowest BCUT2D eigenvalue weighted by molar-refractivity contribution is -0.942. The summed E-state index contributed by atoms with van der Waals surface area (Å²) in [5.74, 6) is 0.573. The largest absolute Gasteiger partial charge is 0.489 e. The van der Waals surface area contributed by atoms with E-state index >= 15 is 0 Å². The zero-order chi connectivity index (χ0) is 24.5. The van der Waals surface area contributed by atoms with Crippen LogP contribution in [-0.4, -0.2) is 31.7 Å². The van der Waals surface area contributed by atoms with Gasteiger partial charge in [-0.25, -0.2) is 4.79 Å². The molecule has 0 saturated heterocycles. The molecule has 1 unspecified atom stereocenters. The first kappa shape index (κ1) is 25.5. The monoisotopic (exact) mass is 460 g/mol. The smallest absolute Gasteiger partial charge is 0.337 e. The molecule has 0 saturated carbocycles. The van der Waals surface area contributed by atoms with E-state index in [0.717, 1.165) is 29.8 Å². The summed E-state index contributed by atoms with van der Waals surface area (Å²) >= 11 is 0. The number of ether oxygens (including phenoxy) is 2. The second-order valence-corrected chi connectivity index (χ2v) is 9.40. The van der Waals surface area contributed by atoms with E-state index < -0.39 is 0 Å². The van der Waals surface area contributed by atoms with E-state index in [-0.39, 0.29) is 11.9 Å². The normalized spacial score (nSPS) is 12.2. The standard InChI is InChI=1S/C30H37NO3/c1-22(2)31(23(3)4)19-18-27(25-14-10-7-11-15-25)28-20-26(30(32)33-5)16-17-29(28)34-21-24-12-8-6-9-13-24/h6-17,20,22-23,27H,18-19,21H2,1-5H3/p+1. The lowest BCUT2D eigenvalue weighted by atomic mass is 9.86. The second-order valence-electron chi connectivity index (χ2n) is 9.40. The Kier molecular flexibility index (Phi) is 9.29. The molecular weight excluding hydrogens is 422 g/mol. The molecule has 0 aliphatic rings. The number of carbonyl (C=O) groups is 1. The molecule has 3 aromatic carbocycles. The summed E-state index contributed by atoms with van der Waals surface area (Å²) in [5.41, 5.74) is 3.90. The first-order valence-electron chi connectivity index (χ1n) is 12.2. The molecule has 4 nitrogen and oxygen atoms in total. The Morgan fingerprint density at radius 1 is 0.853 bits per heavy atom. The minimum atomic E-state index is -0.334. The minimum Gasteiger partial charge on any atom is -0.489 e. The van der Waals surface area contributed by atoms with E-state index in [4.69, 9.17) is 9.47 Å². The fourth-order valence-electron chi connectivity index (χ4n) is 4.67. The molecule has 3 rings (SSSR count). The summed E-state index contributed by atoms with van der Waals surface area (Å²) in [6.07, 6.45) is 0.946. The Labute approximate surface area is 204 Å². The number of hydrogen-bond donors (Lipinski definition) is 1. The molecule has 1 N–H and O–H groups in total. The van der Waals surface area contributed by atoms with Gasteiger partial charge in [0.25, 0.3) is 0 Å². The van der Waals surface area contributed by atoms with Gasteiger partial charge in [-0.05, 0) is 57.0 Å². The molecule has 3 aromatic rings. The summed E-state index contributed by atoms with van der Waals surface area (Å²) in [4.78, 5) is 14.0. The van der Waals surface area contributed by atoms with Crippen LogP contribution >= 0.6 is 0 Å². The fourth-order valence-corrected chi connectivity index (χ4v) is 4.67. The van der Waals surface area contributed by atoms with Crippen molar-refractivity contribution in [2.24, 2.45) is 0 Å². The number of hydrogen-bond acceptors (Lipinski definition) is 3. The van der Waals surface area contributed by atoms with Crippen LogP contribution in [0.4, 0.5) is 0 Å². The van der Waals surface area contributed by atoms with Crippen molar-refractivity contribution >= 4 is 5.97 Å². The zero-order valence-corrected chi connectivity index (χ0v) is 21.1. The van der Waals surface area contributed by atoms with Crippen molar-refractivity contribution < 1.29 is 19.2 Å². The van der Waals surface area contributed by atoms with Crippen molar-refractivity contribution in [2.45, 2.75) is 58.7 Å². The first-order valence-corrected chi connectivity index (χ1v) is 12.2. The van der Waals surface area contributed by atoms with Gasteiger partial charge in [0.1, 0.15) is 12.4 Å². The molecular formula is C30H38NO3+. The molecule has 0 bridgehead atoms. The van der Waals surface area contributed by atoms with E-state index in [9.17, 15) is 4.79 Å². The predicted octanol–water partition coefficient (Wildman–Crippen LogP) is 5.28. The maximum absolute atomic E-state index is 12.4. The Morgan fingerprint density at radius 2 is 1.47 bits per heavy atom. The summed E-state index contributed by atoms with van der Waals surface area (Å²) in [6.45, 7) is 10.6. The van der Waals surface area contributed by atoms with E-state index in [0.29, 0.717) is 24.3 Å². The van der Waals surface area contributed by atoms with Gasteiger partial charge < -0.3 is 14.4 Å². The summed E-state index contributed by atoms with van der Waals surface area (Å²) in [7, 11) is 1.42. The number of quaternary nitrogens is 1. The number of rotatable bonds is 11. The van der Waals surface area contributed by atoms with Gasteiger partial charge >= 0.3 is 5.97 Å². The van der Waals surface area contributed by atoms with E-state index in [1.165, 1.54) is 12.7 Å². The van der Waals surface area contributed by atoms with Gasteiger partial charge in [0, 0.05) is 17.9 Å². The van der Waals surface area contributed by atoms with Crippen LogP contribution in [0.15, 0.2) is 78.9 Å². The van der Waals surface area contributed by atoms with Crippen molar-refractivity contribution in [3.8, 4) is 5.75 Å². The number of methoxy groups -OCH3 is 1. The average Bonchev–Trinajstić information content (AvgIpc) is 2.85. The summed E-state index contributed by atoms with van der Waals surface area (Å²) in [5, 5.41) is 0. The van der Waals surface area contributed by atoms with Gasteiger partial charge in [-0.1, -0.05) is 60.7 Å². The molecule has 0 aliphatic heterocycles. The Bertz CT molecular complexity index is 1020. The Hall–Kier alpha value is -3.11. The Balaban J connectivity index is 2.01. The van der Waals surface area contributed by atoms with Crippen LogP contribution in [0.5, 0.6) is 5.75 Å². The third-order valence-electron chi connectivity index (χ3n) is 6.45. The molecule has 0 heterocycles. The zero-order valence-electron chi connectivity index (χ0n) is 21.1. The Morgan fingerprint density at radius 3 is 2.06 bits per heavy atom. The van der Waals surface area contributed by atoms with E-state index in [2.05, 4.69) is 64.1 Å². The lowest BCUT2D eigenvalue weighted by Gasteiger charge is -2.30. The van der Waals surface area contributed by atoms with E-state index in [1.807, 2.05) is 36.4 Å². The maximum atomic E-state index is 12.4. The van der Waals surface area contributed by atoms with Crippen LogP contribution in [0.2, 0.25) is 0 Å². The average molecular weight is 461 g/mol. The van der Waals surface area contributed by atoms with Gasteiger partial charge in [-0.15, -0.1) is 0 Å². The van der Waals surface area contributed by atoms with Crippen molar-refractivity contribution in [3.05, 3.63) is 101 Å². The van der Waals surface area contributed by atoms with Crippen LogP contribution in [0.1, 0.15) is 67.1 Å². The highest BCUT2D eigenvalue weighted by molar-refractivity contribution is 5.89. The van der Waals surface area contributed by atoms with E-state index in [1.54, 1.807) is 11.0 Å². The maximum Gasteiger partial charge on any atom is 0.337 e.